The molecule has 1 aliphatic rings. The number of nitrogens with one attached hydrogen (secondary N) is 1. The lowest BCUT2D eigenvalue weighted by Gasteiger charge is -2.27. The van der Waals surface area contributed by atoms with E-state index in [-0.39, 0.29) is 0 Å². The van der Waals surface area contributed by atoms with Crippen molar-refractivity contribution in [2.45, 2.75) is 44.4 Å². The first-order valence-corrected chi connectivity index (χ1v) is 8.26. The molecule has 1 saturated heterocycles. The van der Waals surface area contributed by atoms with Gasteiger partial charge in [-0.05, 0) is 25.5 Å². The Hall–Kier alpha value is -2.74. The van der Waals surface area contributed by atoms with Crippen molar-refractivity contribution in [3.63, 3.8) is 0 Å². The number of aromatic amines is 1. The second-order valence-electron chi connectivity index (χ2n) is 6.30. The minimum absolute atomic E-state index is 0.294. The van der Waals surface area contributed by atoms with Crippen molar-refractivity contribution in [3.8, 4) is 0 Å². The monoisotopic (exact) mass is 362 g/mol. The molecule has 0 unspecified atom stereocenters. The van der Waals surface area contributed by atoms with E-state index in [0.29, 0.717) is 12.0 Å². The highest BCUT2D eigenvalue weighted by molar-refractivity contribution is 5.89. The maximum atomic E-state index is 15.6. The normalized spacial score (nSPS) is 28.0. The van der Waals surface area contributed by atoms with Gasteiger partial charge in [-0.2, -0.15) is 0 Å². The number of alkyl halides is 1. The lowest BCUT2D eigenvalue weighted by molar-refractivity contribution is -0.0519. The van der Waals surface area contributed by atoms with Gasteiger partial charge in [-0.25, -0.2) is 14.0 Å². The van der Waals surface area contributed by atoms with Gasteiger partial charge < -0.3 is 9.47 Å². The molecule has 1 aromatic heterocycles. The van der Waals surface area contributed by atoms with E-state index in [1.54, 1.807) is 37.3 Å². The fourth-order valence-corrected chi connectivity index (χ4v) is 3.08. The standard InChI is InChI=1S/C18H19FN2O5/c1-3-12-14(26-15(23)11-7-5-4-6-8-11)18(2,19)16(25-12)21-10-9-13(22)20-17(21)24/h4-10,12,14,16H,3H2,1-2H3,(H,20,22,24)/t12-,14-,16-,18-/m1/s1. The Morgan fingerprint density at radius 2 is 2.00 bits per heavy atom. The van der Waals surface area contributed by atoms with Crippen molar-refractivity contribution < 1.29 is 18.7 Å². The highest BCUT2D eigenvalue weighted by Gasteiger charge is 2.57. The molecule has 1 aliphatic heterocycles. The zero-order chi connectivity index (χ0) is 18.9. The number of nitrogens with zero attached hydrogens (tertiary/aromatic N) is 1. The van der Waals surface area contributed by atoms with Crippen LogP contribution in [0.5, 0.6) is 0 Å². The third-order valence-electron chi connectivity index (χ3n) is 4.43. The molecule has 7 nitrogen and oxygen atoms in total. The number of ether oxygens (including phenoxy) is 2. The molecule has 0 aliphatic carbocycles. The molecule has 138 valence electrons. The Morgan fingerprint density at radius 1 is 1.31 bits per heavy atom. The molecule has 0 amide bonds. The minimum Gasteiger partial charge on any atom is -0.452 e. The Balaban J connectivity index is 1.91. The molecule has 2 aromatic rings. The van der Waals surface area contributed by atoms with Gasteiger partial charge >= 0.3 is 11.7 Å². The molecular formula is C18H19FN2O5. The van der Waals surface area contributed by atoms with E-state index in [4.69, 9.17) is 9.47 Å². The fraction of sp³-hybridized carbons (Fsp3) is 0.389. The van der Waals surface area contributed by atoms with E-state index < -0.39 is 41.3 Å². The smallest absolute Gasteiger partial charge is 0.338 e. The molecule has 26 heavy (non-hydrogen) atoms. The fourth-order valence-electron chi connectivity index (χ4n) is 3.08. The average molecular weight is 362 g/mol. The summed E-state index contributed by atoms with van der Waals surface area (Å²) in [6.45, 7) is 2.98. The van der Waals surface area contributed by atoms with E-state index in [1.807, 2.05) is 0 Å². The van der Waals surface area contributed by atoms with Crippen LogP contribution in [-0.2, 0) is 9.47 Å². The summed E-state index contributed by atoms with van der Waals surface area (Å²) in [6, 6.07) is 9.34. The number of hydrogen-bond acceptors (Lipinski definition) is 5. The number of rotatable bonds is 4. The quantitative estimate of drug-likeness (QED) is 0.838. The SMILES string of the molecule is CC[C@H]1O[C@@H](n2ccc(=O)[nH]c2=O)[C@](C)(F)[C@@H]1OC(=O)c1ccccc1. The van der Waals surface area contributed by atoms with Crippen molar-refractivity contribution in [1.82, 2.24) is 9.55 Å². The summed E-state index contributed by atoms with van der Waals surface area (Å²) in [5, 5.41) is 0. The van der Waals surface area contributed by atoms with E-state index in [9.17, 15) is 14.4 Å². The molecule has 1 fully saturated rings. The third kappa shape index (κ3) is 3.20. The number of carbonyl (C=O) groups is 1. The summed E-state index contributed by atoms with van der Waals surface area (Å²) in [7, 11) is 0. The summed E-state index contributed by atoms with van der Waals surface area (Å²) in [4.78, 5) is 37.7. The van der Waals surface area contributed by atoms with Crippen LogP contribution in [0.1, 0.15) is 36.9 Å². The number of halogens is 1. The van der Waals surface area contributed by atoms with Crippen LogP contribution in [0.3, 0.4) is 0 Å². The predicted molar refractivity (Wildman–Crippen MR) is 90.7 cm³/mol. The molecule has 4 atom stereocenters. The Bertz CT molecular complexity index is 906. The predicted octanol–water partition coefficient (Wildman–Crippen LogP) is 1.80. The van der Waals surface area contributed by atoms with Crippen LogP contribution in [0.25, 0.3) is 0 Å². The number of esters is 1. The van der Waals surface area contributed by atoms with Gasteiger partial charge in [0.05, 0.1) is 5.56 Å². The first-order chi connectivity index (χ1) is 12.3. The van der Waals surface area contributed by atoms with Crippen molar-refractivity contribution in [3.05, 3.63) is 69.0 Å². The molecule has 0 radical (unpaired) electrons. The topological polar surface area (TPSA) is 90.4 Å². The lowest BCUT2D eigenvalue weighted by Crippen LogP contribution is -2.45. The zero-order valence-corrected chi connectivity index (χ0v) is 14.3. The maximum absolute atomic E-state index is 15.6. The second kappa shape index (κ2) is 6.87. The Kier molecular flexibility index (Phi) is 4.78. The van der Waals surface area contributed by atoms with Crippen LogP contribution in [0, 0.1) is 0 Å². The van der Waals surface area contributed by atoms with Gasteiger partial charge in [0.1, 0.15) is 6.10 Å². The van der Waals surface area contributed by atoms with Gasteiger partial charge in [-0.1, -0.05) is 25.1 Å². The van der Waals surface area contributed by atoms with Crippen LogP contribution in [0.4, 0.5) is 4.39 Å². The molecule has 1 N–H and O–H groups in total. The van der Waals surface area contributed by atoms with E-state index in [2.05, 4.69) is 4.98 Å². The maximum Gasteiger partial charge on any atom is 0.338 e. The highest BCUT2D eigenvalue weighted by Crippen LogP contribution is 2.43. The summed E-state index contributed by atoms with van der Waals surface area (Å²) < 4.78 is 27.6. The summed E-state index contributed by atoms with van der Waals surface area (Å²) >= 11 is 0. The first kappa shape index (κ1) is 18.1. The van der Waals surface area contributed by atoms with Gasteiger partial charge in [0.25, 0.3) is 5.56 Å². The van der Waals surface area contributed by atoms with Gasteiger partial charge in [-0.15, -0.1) is 0 Å². The number of aromatic nitrogens is 2. The Morgan fingerprint density at radius 3 is 2.62 bits per heavy atom. The molecule has 1 aromatic carbocycles. The zero-order valence-electron chi connectivity index (χ0n) is 14.3. The second-order valence-corrected chi connectivity index (χ2v) is 6.30. The van der Waals surface area contributed by atoms with Gasteiger partial charge in [0.2, 0.25) is 0 Å². The largest absolute Gasteiger partial charge is 0.452 e. The molecule has 3 rings (SSSR count). The van der Waals surface area contributed by atoms with Gasteiger partial charge in [-0.3, -0.25) is 14.3 Å². The number of H-pyrrole nitrogens is 1. The van der Waals surface area contributed by atoms with Gasteiger partial charge in [0, 0.05) is 12.3 Å². The number of benzene rings is 1. The molecule has 0 bridgehead atoms. The van der Waals surface area contributed by atoms with Crippen LogP contribution in [0.2, 0.25) is 0 Å². The van der Waals surface area contributed by atoms with Crippen molar-refractivity contribution in [1.29, 1.82) is 0 Å². The summed E-state index contributed by atoms with van der Waals surface area (Å²) in [6.07, 6.45) is -1.73. The summed E-state index contributed by atoms with van der Waals surface area (Å²) in [5.74, 6) is -0.670. The van der Waals surface area contributed by atoms with Gasteiger partial charge in [0.15, 0.2) is 18.0 Å². The first-order valence-electron chi connectivity index (χ1n) is 8.26. The summed E-state index contributed by atoms with van der Waals surface area (Å²) in [5.41, 5.74) is -3.27. The van der Waals surface area contributed by atoms with E-state index in [0.717, 1.165) is 16.8 Å². The Labute approximate surface area is 148 Å². The van der Waals surface area contributed by atoms with E-state index in [1.165, 1.54) is 6.92 Å². The van der Waals surface area contributed by atoms with E-state index >= 15 is 4.39 Å². The van der Waals surface area contributed by atoms with Crippen LogP contribution >= 0.6 is 0 Å². The van der Waals surface area contributed by atoms with Crippen LogP contribution in [0.15, 0.2) is 52.2 Å². The molecule has 0 saturated carbocycles. The molecule has 0 spiro atoms. The molecule has 2 heterocycles. The minimum atomic E-state index is -2.17. The third-order valence-corrected chi connectivity index (χ3v) is 4.43. The van der Waals surface area contributed by atoms with Crippen LogP contribution < -0.4 is 11.2 Å². The number of hydrogen-bond donors (Lipinski definition) is 1. The lowest BCUT2D eigenvalue weighted by atomic mass is 9.96. The van der Waals surface area contributed by atoms with Crippen molar-refractivity contribution in [2.24, 2.45) is 0 Å². The molecule has 8 heteroatoms. The molecular weight excluding hydrogens is 343 g/mol. The highest BCUT2D eigenvalue weighted by atomic mass is 19.1. The average Bonchev–Trinajstić information content (AvgIpc) is 2.86. The number of carbonyl (C=O) groups excluding carboxylic acids is 1. The van der Waals surface area contributed by atoms with Crippen molar-refractivity contribution in [2.75, 3.05) is 0 Å². The van der Waals surface area contributed by atoms with Crippen molar-refractivity contribution >= 4 is 5.97 Å². The van der Waals surface area contributed by atoms with Crippen LogP contribution in [-0.4, -0.2) is 33.4 Å².